The van der Waals surface area contributed by atoms with E-state index in [1.807, 2.05) is 0 Å². The Hall–Kier alpha value is -1.51. The average Bonchev–Trinajstić information content (AvgIpc) is 2.30. The van der Waals surface area contributed by atoms with Gasteiger partial charge in [0.1, 0.15) is 0 Å². The third kappa shape index (κ3) is 1.97. The van der Waals surface area contributed by atoms with Crippen molar-refractivity contribution in [2.75, 3.05) is 7.11 Å². The predicted octanol–water partition coefficient (Wildman–Crippen LogP) is 0.716. The zero-order valence-corrected chi connectivity index (χ0v) is 6.20. The van der Waals surface area contributed by atoms with Gasteiger partial charge in [-0.1, -0.05) is 6.08 Å². The Bertz CT molecular complexity index is 238. The van der Waals surface area contributed by atoms with Gasteiger partial charge in [0.25, 0.3) is 0 Å². The highest BCUT2D eigenvalue weighted by Gasteiger charge is 2.04. The summed E-state index contributed by atoms with van der Waals surface area (Å²) in [5, 5.41) is 2.81. The van der Waals surface area contributed by atoms with Crippen molar-refractivity contribution >= 4 is 5.97 Å². The number of methoxy groups -OCH3 is 1. The molecular formula is C8H9NO2. The van der Waals surface area contributed by atoms with Gasteiger partial charge in [-0.3, -0.25) is 0 Å². The van der Waals surface area contributed by atoms with E-state index in [1.54, 1.807) is 30.6 Å². The summed E-state index contributed by atoms with van der Waals surface area (Å²) in [5.74, 6) is -0.336. The molecule has 0 radical (unpaired) electrons. The molecule has 0 amide bonds. The first-order chi connectivity index (χ1) is 5.34. The number of rotatable bonds is 1. The van der Waals surface area contributed by atoms with Gasteiger partial charge in [0, 0.05) is 12.4 Å². The Balaban J connectivity index is 2.72. The van der Waals surface area contributed by atoms with Crippen LogP contribution in [0.15, 0.2) is 36.2 Å². The second kappa shape index (κ2) is 3.61. The predicted molar refractivity (Wildman–Crippen MR) is 41.5 cm³/mol. The molecule has 0 fully saturated rings. The summed E-state index contributed by atoms with van der Waals surface area (Å²) in [4.78, 5) is 10.9. The SMILES string of the molecule is COC(=O)C1=CNC=CC=C1. The molecule has 1 rings (SSSR count). The molecule has 0 saturated carbocycles. The first-order valence-electron chi connectivity index (χ1n) is 3.22. The topological polar surface area (TPSA) is 38.3 Å². The van der Waals surface area contributed by atoms with Crippen LogP contribution < -0.4 is 5.32 Å². The second-order valence-electron chi connectivity index (χ2n) is 1.98. The van der Waals surface area contributed by atoms with E-state index in [2.05, 4.69) is 10.1 Å². The van der Waals surface area contributed by atoms with Gasteiger partial charge in [-0.2, -0.15) is 0 Å². The molecule has 0 aliphatic carbocycles. The molecule has 1 aliphatic rings. The number of carbonyl (C=O) groups is 1. The summed E-state index contributed by atoms with van der Waals surface area (Å²) in [5.41, 5.74) is 0.512. The van der Waals surface area contributed by atoms with Crippen LogP contribution in [0.4, 0.5) is 0 Å². The lowest BCUT2D eigenvalue weighted by molar-refractivity contribution is -0.135. The Morgan fingerprint density at radius 3 is 3.09 bits per heavy atom. The van der Waals surface area contributed by atoms with Crippen LogP contribution in [-0.2, 0) is 9.53 Å². The van der Waals surface area contributed by atoms with Crippen LogP contribution in [0.5, 0.6) is 0 Å². The number of nitrogens with one attached hydrogen (secondary N) is 1. The Labute approximate surface area is 65.0 Å². The molecule has 0 spiro atoms. The van der Waals surface area contributed by atoms with Crippen molar-refractivity contribution in [3.63, 3.8) is 0 Å². The van der Waals surface area contributed by atoms with E-state index in [9.17, 15) is 4.79 Å². The maximum Gasteiger partial charge on any atom is 0.339 e. The van der Waals surface area contributed by atoms with E-state index in [4.69, 9.17) is 0 Å². The minimum atomic E-state index is -0.336. The fraction of sp³-hybridized carbons (Fsp3) is 0.125. The number of esters is 1. The van der Waals surface area contributed by atoms with Crippen LogP contribution in [0.2, 0.25) is 0 Å². The maximum absolute atomic E-state index is 10.9. The number of allylic oxidation sites excluding steroid dienone is 2. The largest absolute Gasteiger partial charge is 0.465 e. The van der Waals surface area contributed by atoms with Crippen molar-refractivity contribution in [1.82, 2.24) is 5.32 Å². The summed E-state index contributed by atoms with van der Waals surface area (Å²) >= 11 is 0. The van der Waals surface area contributed by atoms with E-state index in [1.165, 1.54) is 7.11 Å². The van der Waals surface area contributed by atoms with Crippen LogP contribution >= 0.6 is 0 Å². The molecule has 3 nitrogen and oxygen atoms in total. The molecule has 58 valence electrons. The summed E-state index contributed by atoms with van der Waals surface area (Å²) in [7, 11) is 1.36. The third-order valence-electron chi connectivity index (χ3n) is 1.24. The quantitative estimate of drug-likeness (QED) is 0.561. The molecule has 1 N–H and O–H groups in total. The van der Waals surface area contributed by atoms with Gasteiger partial charge in [0.2, 0.25) is 0 Å². The maximum atomic E-state index is 10.9. The fourth-order valence-electron chi connectivity index (χ4n) is 0.701. The van der Waals surface area contributed by atoms with Gasteiger partial charge in [-0.15, -0.1) is 0 Å². The van der Waals surface area contributed by atoms with Crippen LogP contribution in [0.25, 0.3) is 0 Å². The van der Waals surface area contributed by atoms with Crippen molar-refractivity contribution in [1.29, 1.82) is 0 Å². The third-order valence-corrected chi connectivity index (χ3v) is 1.24. The smallest absolute Gasteiger partial charge is 0.339 e. The zero-order valence-electron chi connectivity index (χ0n) is 6.20. The molecule has 0 unspecified atom stereocenters. The molecule has 0 atom stereocenters. The summed E-state index contributed by atoms with van der Waals surface area (Å²) < 4.78 is 4.52. The molecule has 0 aromatic rings. The van der Waals surface area contributed by atoms with E-state index in [0.29, 0.717) is 5.57 Å². The molecule has 1 aliphatic heterocycles. The molecule has 0 saturated heterocycles. The van der Waals surface area contributed by atoms with E-state index in [0.717, 1.165) is 0 Å². The van der Waals surface area contributed by atoms with Gasteiger partial charge in [-0.05, 0) is 12.2 Å². The minimum absolute atomic E-state index is 0.336. The first-order valence-corrected chi connectivity index (χ1v) is 3.22. The van der Waals surface area contributed by atoms with Crippen molar-refractivity contribution in [3.05, 3.63) is 36.2 Å². The lowest BCUT2D eigenvalue weighted by atomic mass is 10.3. The Morgan fingerprint density at radius 1 is 1.55 bits per heavy atom. The number of carbonyl (C=O) groups excluding carboxylic acids is 1. The standard InChI is InChI=1S/C8H9NO2/c1-11-8(10)7-4-2-3-5-9-6-7/h2-6,9H,1H3. The molecule has 3 heteroatoms. The highest BCUT2D eigenvalue weighted by atomic mass is 16.5. The van der Waals surface area contributed by atoms with Crippen molar-refractivity contribution < 1.29 is 9.53 Å². The molecule has 0 aromatic heterocycles. The first kappa shape index (κ1) is 7.60. The molecular weight excluding hydrogens is 142 g/mol. The Kier molecular flexibility index (Phi) is 2.49. The molecule has 0 bridgehead atoms. The highest BCUT2D eigenvalue weighted by molar-refractivity contribution is 5.91. The van der Waals surface area contributed by atoms with Gasteiger partial charge < -0.3 is 10.1 Å². The van der Waals surface area contributed by atoms with Crippen LogP contribution in [0.3, 0.4) is 0 Å². The fourth-order valence-corrected chi connectivity index (χ4v) is 0.701. The van der Waals surface area contributed by atoms with Gasteiger partial charge in [0.15, 0.2) is 0 Å². The van der Waals surface area contributed by atoms with E-state index >= 15 is 0 Å². The average molecular weight is 151 g/mol. The number of hydrogen-bond donors (Lipinski definition) is 1. The summed E-state index contributed by atoms with van der Waals surface area (Å²) in [6.45, 7) is 0. The molecule has 1 heterocycles. The minimum Gasteiger partial charge on any atom is -0.465 e. The van der Waals surface area contributed by atoms with E-state index < -0.39 is 0 Å². The second-order valence-corrected chi connectivity index (χ2v) is 1.98. The number of hydrogen-bond acceptors (Lipinski definition) is 3. The highest BCUT2D eigenvalue weighted by Crippen LogP contribution is 2.00. The van der Waals surface area contributed by atoms with Gasteiger partial charge in [0.05, 0.1) is 12.7 Å². The normalized spacial score (nSPS) is 14.8. The molecule has 11 heavy (non-hydrogen) atoms. The van der Waals surface area contributed by atoms with Gasteiger partial charge in [-0.25, -0.2) is 4.79 Å². The van der Waals surface area contributed by atoms with E-state index in [-0.39, 0.29) is 5.97 Å². The monoisotopic (exact) mass is 151 g/mol. The van der Waals surface area contributed by atoms with Crippen LogP contribution in [0, 0.1) is 0 Å². The number of ether oxygens (including phenoxy) is 1. The van der Waals surface area contributed by atoms with Crippen molar-refractivity contribution in [2.45, 2.75) is 0 Å². The lowest BCUT2D eigenvalue weighted by Gasteiger charge is -1.97. The van der Waals surface area contributed by atoms with Crippen molar-refractivity contribution in [3.8, 4) is 0 Å². The Morgan fingerprint density at radius 2 is 2.36 bits per heavy atom. The summed E-state index contributed by atoms with van der Waals surface area (Å²) in [6, 6.07) is 0. The summed E-state index contributed by atoms with van der Waals surface area (Å²) in [6.07, 6.45) is 8.57. The molecule has 0 aromatic carbocycles. The van der Waals surface area contributed by atoms with Crippen LogP contribution in [-0.4, -0.2) is 13.1 Å². The van der Waals surface area contributed by atoms with Crippen LogP contribution in [0.1, 0.15) is 0 Å². The van der Waals surface area contributed by atoms with Gasteiger partial charge >= 0.3 is 5.97 Å². The van der Waals surface area contributed by atoms with Crippen molar-refractivity contribution in [2.24, 2.45) is 0 Å². The zero-order chi connectivity index (χ0) is 8.10. The lowest BCUT2D eigenvalue weighted by Crippen LogP contribution is -2.05.